The van der Waals surface area contributed by atoms with E-state index in [-0.39, 0.29) is 19.5 Å². The third kappa shape index (κ3) is 3.38. The first kappa shape index (κ1) is 18.6. The topological polar surface area (TPSA) is 77.3 Å². The van der Waals surface area contributed by atoms with Gasteiger partial charge in [0.15, 0.2) is 0 Å². The summed E-state index contributed by atoms with van der Waals surface area (Å²) in [7, 11) is 0. The number of allylic oxidation sites excluding steroid dienone is 8. The first-order valence-electron chi connectivity index (χ1n) is 9.46. The third-order valence-corrected chi connectivity index (χ3v) is 4.97. The molecule has 6 nitrogen and oxygen atoms in total. The maximum Gasteiger partial charge on any atom is 0.137 e. The van der Waals surface area contributed by atoms with Crippen molar-refractivity contribution in [1.29, 1.82) is 0 Å². The van der Waals surface area contributed by atoms with Gasteiger partial charge in [0.05, 0.1) is 46.3 Å². The van der Waals surface area contributed by atoms with Crippen molar-refractivity contribution < 1.29 is 19.5 Å². The predicted molar refractivity (Wildman–Crippen MR) is 118 cm³/mol. The van der Waals surface area contributed by atoms with E-state index in [4.69, 9.17) is 9.98 Å². The van der Waals surface area contributed by atoms with Crippen molar-refractivity contribution in [3.05, 3.63) is 94.5 Å². The summed E-state index contributed by atoms with van der Waals surface area (Å²) in [6, 6.07) is 4.09. The average Bonchev–Trinajstić information content (AvgIpc) is 3.51. The second kappa shape index (κ2) is 7.43. The summed E-state index contributed by atoms with van der Waals surface area (Å²) in [5.41, 5.74) is 8.12. The summed E-state index contributed by atoms with van der Waals surface area (Å²) in [5, 5.41) is 3.31. The van der Waals surface area contributed by atoms with Crippen molar-refractivity contribution in [3.63, 3.8) is 0 Å². The summed E-state index contributed by atoms with van der Waals surface area (Å²) in [6.45, 7) is 0.709. The van der Waals surface area contributed by atoms with Crippen molar-refractivity contribution in [3.8, 4) is 0 Å². The molecule has 5 aliphatic rings. The van der Waals surface area contributed by atoms with E-state index < -0.39 is 0 Å². The number of aliphatic imine (C=N–C) groups is 4. The molecule has 8 bridgehead atoms. The molecule has 2 N–H and O–H groups in total. The van der Waals surface area contributed by atoms with Crippen LogP contribution < -0.4 is 5.32 Å². The Morgan fingerprint density at radius 3 is 2.00 bits per heavy atom. The summed E-state index contributed by atoms with van der Waals surface area (Å²) in [6.07, 6.45) is 19.9. The fourth-order valence-electron chi connectivity index (χ4n) is 3.67. The Morgan fingerprint density at radius 1 is 0.700 bits per heavy atom. The summed E-state index contributed by atoms with van der Waals surface area (Å²) >= 11 is 0. The molecule has 0 amide bonds. The monoisotopic (exact) mass is 440 g/mol. The van der Waals surface area contributed by atoms with Crippen LogP contribution in [0.3, 0.4) is 0 Å². The SMILES string of the molecule is C1=CC2=NC1=Cc1ccc([nH]1)C=C1C=CC(=N1)C(=C1N=CCN1)C1=NC(=C2)C=C1.[Zn]. The van der Waals surface area contributed by atoms with Crippen molar-refractivity contribution in [2.24, 2.45) is 20.0 Å². The third-order valence-electron chi connectivity index (χ3n) is 4.97. The van der Waals surface area contributed by atoms with E-state index in [0.29, 0.717) is 6.54 Å². The minimum Gasteiger partial charge on any atom is -0.364 e. The molecule has 0 aliphatic carbocycles. The molecular weight excluding hydrogens is 426 g/mol. The summed E-state index contributed by atoms with van der Waals surface area (Å²) in [5.74, 6) is 0.797. The molecule has 0 fully saturated rings. The predicted octanol–water partition coefficient (Wildman–Crippen LogP) is 3.51. The number of H-pyrrole nitrogens is 1. The van der Waals surface area contributed by atoms with Crippen LogP contribution in [-0.2, 0) is 19.5 Å². The first-order valence-corrected chi connectivity index (χ1v) is 9.46. The molecule has 5 aliphatic heterocycles. The van der Waals surface area contributed by atoms with Gasteiger partial charge in [-0.05, 0) is 66.8 Å². The van der Waals surface area contributed by atoms with Gasteiger partial charge in [0.25, 0.3) is 0 Å². The van der Waals surface area contributed by atoms with Gasteiger partial charge in [0.2, 0.25) is 0 Å². The molecule has 7 heteroatoms. The normalized spacial score (nSPS) is 22.8. The number of aromatic nitrogens is 1. The molecule has 0 aromatic carbocycles. The van der Waals surface area contributed by atoms with Gasteiger partial charge in [0.1, 0.15) is 5.82 Å². The maximum atomic E-state index is 4.82. The van der Waals surface area contributed by atoms with Crippen molar-refractivity contribution in [1.82, 2.24) is 10.3 Å². The number of aromatic amines is 1. The Morgan fingerprint density at radius 2 is 1.33 bits per heavy atom. The van der Waals surface area contributed by atoms with Crippen LogP contribution in [0.4, 0.5) is 0 Å². The molecular formula is C23H16N6Zn. The largest absolute Gasteiger partial charge is 0.364 e. The van der Waals surface area contributed by atoms with E-state index in [1.165, 1.54) is 0 Å². The van der Waals surface area contributed by atoms with Crippen LogP contribution in [0, 0.1) is 0 Å². The number of fused-ring (bicyclic) bond motifs is 5. The van der Waals surface area contributed by atoms with Gasteiger partial charge in [-0.2, -0.15) is 0 Å². The molecule has 0 saturated heterocycles. The van der Waals surface area contributed by atoms with Gasteiger partial charge in [-0.1, -0.05) is 0 Å². The number of nitrogens with one attached hydrogen (secondary N) is 2. The van der Waals surface area contributed by atoms with Crippen LogP contribution in [0.1, 0.15) is 11.4 Å². The van der Waals surface area contributed by atoms with Gasteiger partial charge in [-0.15, -0.1) is 0 Å². The zero-order chi connectivity index (χ0) is 19.2. The molecule has 140 valence electrons. The minimum atomic E-state index is 0. The van der Waals surface area contributed by atoms with Gasteiger partial charge in [-0.25, -0.2) is 20.0 Å². The average molecular weight is 442 g/mol. The number of nitrogens with zero attached hydrogens (tertiary/aromatic N) is 4. The summed E-state index contributed by atoms with van der Waals surface area (Å²) < 4.78 is 0. The van der Waals surface area contributed by atoms with Crippen LogP contribution in [0.15, 0.2) is 103 Å². The molecule has 6 heterocycles. The molecule has 6 rings (SSSR count). The minimum absolute atomic E-state index is 0. The first-order chi connectivity index (χ1) is 14.3. The van der Waals surface area contributed by atoms with Crippen LogP contribution in [0.5, 0.6) is 0 Å². The Balaban J connectivity index is 0.00000193. The standard InChI is InChI=1S/C23H16N6.Zn/c1-3-16-12-18-5-7-20(28-18)22(23-24-9-10-25-23)21-8-6-19(29-21)13-17-4-2-15(27-17)11-14(1)26-16;/h1-9,11-13,25-26H,10H2;. The van der Waals surface area contributed by atoms with E-state index in [9.17, 15) is 0 Å². The zero-order valence-electron chi connectivity index (χ0n) is 16.1. The van der Waals surface area contributed by atoms with Gasteiger partial charge in [-0.3, -0.25) is 0 Å². The van der Waals surface area contributed by atoms with Crippen molar-refractivity contribution >= 4 is 35.5 Å². The van der Waals surface area contributed by atoms with E-state index in [0.717, 1.165) is 57.0 Å². The zero-order valence-corrected chi connectivity index (χ0v) is 19.1. The molecule has 0 spiro atoms. The fraction of sp³-hybridized carbons (Fsp3) is 0.0435. The molecule has 30 heavy (non-hydrogen) atoms. The van der Waals surface area contributed by atoms with Crippen LogP contribution >= 0.6 is 0 Å². The van der Waals surface area contributed by atoms with E-state index in [1.807, 2.05) is 73.0 Å². The molecule has 0 saturated carbocycles. The van der Waals surface area contributed by atoms with Gasteiger partial charge < -0.3 is 10.3 Å². The van der Waals surface area contributed by atoms with Crippen molar-refractivity contribution in [2.75, 3.05) is 6.54 Å². The maximum absolute atomic E-state index is 4.82. The Kier molecular flexibility index (Phi) is 4.60. The molecule has 1 aromatic rings. The number of hydrogen-bond acceptors (Lipinski definition) is 5. The molecule has 1 aromatic heterocycles. The van der Waals surface area contributed by atoms with Gasteiger partial charge in [0, 0.05) is 37.1 Å². The Hall–Kier alpha value is -3.44. The van der Waals surface area contributed by atoms with E-state index in [1.54, 1.807) is 0 Å². The number of hydrogen-bond donors (Lipinski definition) is 2. The van der Waals surface area contributed by atoms with Crippen molar-refractivity contribution in [2.45, 2.75) is 0 Å². The summed E-state index contributed by atoms with van der Waals surface area (Å²) in [4.78, 5) is 22.2. The molecule has 0 atom stereocenters. The smallest absolute Gasteiger partial charge is 0.137 e. The molecule has 0 radical (unpaired) electrons. The second-order valence-corrected chi connectivity index (χ2v) is 7.02. The van der Waals surface area contributed by atoms with E-state index >= 15 is 0 Å². The van der Waals surface area contributed by atoms with Crippen LogP contribution in [0.25, 0.3) is 12.2 Å². The van der Waals surface area contributed by atoms with Crippen LogP contribution in [0.2, 0.25) is 0 Å². The quantitative estimate of drug-likeness (QED) is 0.594. The van der Waals surface area contributed by atoms with Gasteiger partial charge >= 0.3 is 0 Å². The number of rotatable bonds is 0. The fourth-order valence-corrected chi connectivity index (χ4v) is 3.67. The Bertz CT molecular complexity index is 1280. The van der Waals surface area contributed by atoms with E-state index in [2.05, 4.69) is 20.3 Å². The molecule has 0 unspecified atom stereocenters. The Labute approximate surface area is 186 Å². The van der Waals surface area contributed by atoms with Crippen LogP contribution in [-0.4, -0.2) is 34.9 Å². The second-order valence-electron chi connectivity index (χ2n) is 7.02.